The summed E-state index contributed by atoms with van der Waals surface area (Å²) in [4.78, 5) is 20.3. The largest absolute Gasteiger partial charge is 0.391 e. The van der Waals surface area contributed by atoms with E-state index in [2.05, 4.69) is 24.9 Å². The molecule has 0 aliphatic heterocycles. The Morgan fingerprint density at radius 3 is 2.50 bits per heavy atom. The van der Waals surface area contributed by atoms with Crippen molar-refractivity contribution in [2.75, 3.05) is 0 Å². The molecule has 3 aromatic rings. The van der Waals surface area contributed by atoms with Crippen LogP contribution in [0.25, 0.3) is 17.2 Å². The Kier molecular flexibility index (Phi) is 2.67. The molecule has 0 aliphatic carbocycles. The van der Waals surface area contributed by atoms with Gasteiger partial charge in [-0.25, -0.2) is 0 Å². The first-order chi connectivity index (χ1) is 8.93. The molecule has 3 heterocycles. The lowest BCUT2D eigenvalue weighted by atomic mass is 10.2. The van der Waals surface area contributed by atoms with Gasteiger partial charge in [-0.3, -0.25) is 4.98 Å². The van der Waals surface area contributed by atoms with Crippen LogP contribution in [0.1, 0.15) is 0 Å². The van der Waals surface area contributed by atoms with Crippen molar-refractivity contribution in [3.05, 3.63) is 55.8 Å². The molecule has 0 saturated heterocycles. The molecule has 3 rings (SSSR count). The fourth-order valence-corrected chi connectivity index (χ4v) is 1.53. The maximum absolute atomic E-state index is 4.35. The molecular formula is C12H9N6+. The van der Waals surface area contributed by atoms with Gasteiger partial charge < -0.3 is 0 Å². The van der Waals surface area contributed by atoms with E-state index in [0.717, 1.165) is 11.3 Å². The summed E-state index contributed by atoms with van der Waals surface area (Å²) >= 11 is 0. The van der Waals surface area contributed by atoms with E-state index in [4.69, 9.17) is 0 Å². The maximum atomic E-state index is 4.35. The van der Waals surface area contributed by atoms with E-state index in [1.807, 2.05) is 24.4 Å². The highest BCUT2D eigenvalue weighted by molar-refractivity contribution is 5.56. The molecule has 0 N–H and O–H groups in total. The van der Waals surface area contributed by atoms with E-state index in [1.165, 1.54) is 12.7 Å². The van der Waals surface area contributed by atoms with Gasteiger partial charge in [0.05, 0.1) is 6.20 Å². The zero-order valence-corrected chi connectivity index (χ0v) is 9.38. The Bertz CT molecular complexity index is 565. The van der Waals surface area contributed by atoms with Crippen LogP contribution in [0, 0.1) is 0 Å². The molecule has 0 amide bonds. The topological polar surface area (TPSA) is 68.3 Å². The summed E-state index contributed by atoms with van der Waals surface area (Å²) < 4.78 is 1.72. The second-order valence-corrected chi connectivity index (χ2v) is 3.53. The maximum Gasteiger partial charge on any atom is 0.391 e. The van der Waals surface area contributed by atoms with Crippen molar-refractivity contribution in [1.29, 1.82) is 0 Å². The van der Waals surface area contributed by atoms with Crippen molar-refractivity contribution in [1.82, 2.24) is 24.9 Å². The molecule has 0 bridgehead atoms. The predicted octanol–water partition coefficient (Wildman–Crippen LogP) is 0.605. The highest BCUT2D eigenvalue weighted by atomic mass is 15.2. The summed E-state index contributed by atoms with van der Waals surface area (Å²) in [6.07, 6.45) is 9.92. The fourth-order valence-electron chi connectivity index (χ4n) is 1.53. The quantitative estimate of drug-likeness (QED) is 0.611. The van der Waals surface area contributed by atoms with E-state index in [9.17, 15) is 0 Å². The average molecular weight is 237 g/mol. The Balaban J connectivity index is 1.95. The van der Waals surface area contributed by atoms with Gasteiger partial charge in [0.2, 0.25) is 6.33 Å². The second kappa shape index (κ2) is 4.62. The lowest BCUT2D eigenvalue weighted by Crippen LogP contribution is -2.33. The lowest BCUT2D eigenvalue weighted by Gasteiger charge is -1.98. The zero-order valence-electron chi connectivity index (χ0n) is 9.38. The number of hydrogen-bond donors (Lipinski definition) is 0. The van der Waals surface area contributed by atoms with Gasteiger partial charge in [-0.2, -0.15) is 9.55 Å². The Morgan fingerprint density at radius 1 is 0.944 bits per heavy atom. The van der Waals surface area contributed by atoms with Crippen molar-refractivity contribution in [3.63, 3.8) is 0 Å². The van der Waals surface area contributed by atoms with Crippen molar-refractivity contribution in [3.8, 4) is 17.2 Å². The third kappa shape index (κ3) is 2.03. The normalized spacial score (nSPS) is 10.2. The molecule has 18 heavy (non-hydrogen) atoms. The van der Waals surface area contributed by atoms with Crippen LogP contribution in [0.15, 0.2) is 55.8 Å². The second-order valence-electron chi connectivity index (χ2n) is 3.53. The average Bonchev–Trinajstić information content (AvgIpc) is 2.49. The summed E-state index contributed by atoms with van der Waals surface area (Å²) in [6.45, 7) is 0. The van der Waals surface area contributed by atoms with Gasteiger partial charge in [0.1, 0.15) is 5.69 Å². The van der Waals surface area contributed by atoms with Gasteiger partial charge in [0.25, 0.3) is 0 Å². The Hall–Kier alpha value is -2.76. The predicted molar refractivity (Wildman–Crippen MR) is 62.4 cm³/mol. The minimum Gasteiger partial charge on any atom is -0.264 e. The van der Waals surface area contributed by atoms with Crippen LogP contribution in [0.2, 0.25) is 0 Å². The highest BCUT2D eigenvalue weighted by Crippen LogP contribution is 2.12. The zero-order chi connectivity index (χ0) is 12.2. The fraction of sp³-hybridized carbons (Fsp3) is 0. The molecule has 6 heteroatoms. The van der Waals surface area contributed by atoms with E-state index in [-0.39, 0.29) is 0 Å². The van der Waals surface area contributed by atoms with Crippen molar-refractivity contribution in [2.45, 2.75) is 0 Å². The van der Waals surface area contributed by atoms with Crippen LogP contribution in [0.3, 0.4) is 0 Å². The number of hydrogen-bond acceptors (Lipinski definition) is 5. The van der Waals surface area contributed by atoms with E-state index >= 15 is 0 Å². The van der Waals surface area contributed by atoms with E-state index in [0.29, 0.717) is 5.95 Å². The molecule has 86 valence electrons. The molecule has 0 radical (unpaired) electrons. The van der Waals surface area contributed by atoms with Gasteiger partial charge in [-0.1, -0.05) is 9.97 Å². The summed E-state index contributed by atoms with van der Waals surface area (Å²) in [6, 6.07) is 5.73. The first kappa shape index (κ1) is 10.4. The van der Waals surface area contributed by atoms with Gasteiger partial charge >= 0.3 is 5.95 Å². The van der Waals surface area contributed by atoms with E-state index in [1.54, 1.807) is 23.3 Å². The minimum absolute atomic E-state index is 0.537. The molecule has 6 nitrogen and oxygen atoms in total. The van der Waals surface area contributed by atoms with Gasteiger partial charge in [0, 0.05) is 24.0 Å². The smallest absolute Gasteiger partial charge is 0.264 e. The van der Waals surface area contributed by atoms with Crippen molar-refractivity contribution < 1.29 is 4.57 Å². The molecule has 0 fully saturated rings. The number of aromatic nitrogens is 6. The SMILES string of the molecule is c1cncc(-c2cc[n+](-c3ncncn3)cn2)c1. The van der Waals surface area contributed by atoms with Crippen molar-refractivity contribution in [2.24, 2.45) is 0 Å². The minimum atomic E-state index is 0.537. The van der Waals surface area contributed by atoms with Gasteiger partial charge in [-0.05, 0) is 12.1 Å². The lowest BCUT2D eigenvalue weighted by molar-refractivity contribution is -0.607. The van der Waals surface area contributed by atoms with Crippen molar-refractivity contribution >= 4 is 0 Å². The molecule has 0 saturated carbocycles. The van der Waals surface area contributed by atoms with Gasteiger partial charge in [0.15, 0.2) is 12.7 Å². The van der Waals surface area contributed by atoms with Crippen LogP contribution in [-0.4, -0.2) is 24.9 Å². The standard InChI is InChI=1S/C12H9N6/c1-2-10(6-13-4-1)11-3-5-18(9-17-11)12-15-7-14-8-16-12/h1-9H/q+1. The molecule has 0 unspecified atom stereocenters. The first-order valence-electron chi connectivity index (χ1n) is 5.33. The van der Waals surface area contributed by atoms with Crippen LogP contribution >= 0.6 is 0 Å². The monoisotopic (exact) mass is 237 g/mol. The van der Waals surface area contributed by atoms with Crippen LogP contribution in [0.5, 0.6) is 0 Å². The molecule has 0 spiro atoms. The highest BCUT2D eigenvalue weighted by Gasteiger charge is 2.07. The van der Waals surface area contributed by atoms with Gasteiger partial charge in [-0.15, -0.1) is 4.98 Å². The Labute approximate surface area is 103 Å². The number of pyridine rings is 1. The third-order valence-corrected chi connectivity index (χ3v) is 2.38. The summed E-state index contributed by atoms with van der Waals surface area (Å²) in [5, 5.41) is 0. The van der Waals surface area contributed by atoms with E-state index < -0.39 is 0 Å². The molecule has 0 aromatic carbocycles. The third-order valence-electron chi connectivity index (χ3n) is 2.38. The molecular weight excluding hydrogens is 228 g/mol. The molecule has 3 aromatic heterocycles. The molecule has 0 atom stereocenters. The number of rotatable bonds is 2. The van der Waals surface area contributed by atoms with Crippen LogP contribution in [-0.2, 0) is 0 Å². The van der Waals surface area contributed by atoms with Crippen LogP contribution < -0.4 is 4.57 Å². The summed E-state index contributed by atoms with van der Waals surface area (Å²) in [5.41, 5.74) is 1.83. The first-order valence-corrected chi connectivity index (χ1v) is 5.33. The summed E-state index contributed by atoms with van der Waals surface area (Å²) in [7, 11) is 0. The molecule has 0 aliphatic rings. The number of nitrogens with zero attached hydrogens (tertiary/aromatic N) is 6. The summed E-state index contributed by atoms with van der Waals surface area (Å²) in [5.74, 6) is 0.537. The van der Waals surface area contributed by atoms with Crippen LogP contribution in [0.4, 0.5) is 0 Å². The Morgan fingerprint density at radius 2 is 1.83 bits per heavy atom.